The average molecular weight is 408 g/mol. The van der Waals surface area contributed by atoms with Crippen molar-refractivity contribution >= 4 is 57.6 Å². The number of hydrogen-bond donors (Lipinski definition) is 0. The van der Waals surface area contributed by atoms with E-state index in [1.807, 2.05) is 0 Å². The molecule has 1 rings (SSSR count). The first kappa shape index (κ1) is 14.9. The highest BCUT2D eigenvalue weighted by molar-refractivity contribution is 9.11. The molecule has 0 aromatic carbocycles. The molecule has 0 saturated carbocycles. The summed E-state index contributed by atoms with van der Waals surface area (Å²) in [6.07, 6.45) is 3.03. The molecule has 1 aromatic heterocycles. The molecule has 1 aromatic rings. The summed E-state index contributed by atoms with van der Waals surface area (Å²) in [5.74, 6) is 0. The predicted octanol–water partition coefficient (Wildman–Crippen LogP) is 1.33. The average Bonchev–Trinajstić information content (AvgIpc) is 2.06. The molecule has 6 nitrogen and oxygen atoms in total. The van der Waals surface area contributed by atoms with Crippen LogP contribution < -0.4 is 3.71 Å². The Hall–Kier alpha value is -0.190. The minimum atomic E-state index is -3.96. The van der Waals surface area contributed by atoms with Gasteiger partial charge in [0.2, 0.25) is 20.0 Å². The van der Waals surface area contributed by atoms with Gasteiger partial charge < -0.3 is 0 Å². The Bertz CT molecular complexity index is 610. The zero-order chi connectivity index (χ0) is 13.4. The standard InChI is InChI=1S/C7H8Br2N2O4S2/c1-16(12,13)11(17(2,14)15)6-3-5(8)4-10-7(6)9/h3-4H,1-2H3. The van der Waals surface area contributed by atoms with Gasteiger partial charge in [0.25, 0.3) is 0 Å². The third kappa shape index (κ3) is 3.63. The summed E-state index contributed by atoms with van der Waals surface area (Å²) in [6, 6.07) is 1.35. The number of nitrogens with zero attached hydrogens (tertiary/aromatic N) is 2. The van der Waals surface area contributed by atoms with Crippen LogP contribution in [0.1, 0.15) is 0 Å². The second kappa shape index (κ2) is 4.82. The second-order valence-corrected chi connectivity index (χ2v) is 8.75. The highest BCUT2D eigenvalue weighted by Crippen LogP contribution is 2.30. The first-order valence-electron chi connectivity index (χ1n) is 4.05. The minimum Gasteiger partial charge on any atom is -0.246 e. The van der Waals surface area contributed by atoms with Crippen LogP contribution in [-0.4, -0.2) is 34.3 Å². The molecule has 0 bridgehead atoms. The fraction of sp³-hybridized carbons (Fsp3) is 0.286. The first-order valence-corrected chi connectivity index (χ1v) is 9.33. The molecule has 17 heavy (non-hydrogen) atoms. The van der Waals surface area contributed by atoms with Crippen molar-refractivity contribution in [3.63, 3.8) is 0 Å². The Morgan fingerprint density at radius 3 is 2.00 bits per heavy atom. The molecule has 1 heterocycles. The number of halogens is 2. The number of sulfonamides is 2. The van der Waals surface area contributed by atoms with Crippen molar-refractivity contribution in [2.24, 2.45) is 0 Å². The van der Waals surface area contributed by atoms with Crippen molar-refractivity contribution in [2.75, 3.05) is 16.2 Å². The van der Waals surface area contributed by atoms with Gasteiger partial charge in [-0.3, -0.25) is 0 Å². The molecular formula is C7H8Br2N2O4S2. The summed E-state index contributed by atoms with van der Waals surface area (Å²) in [5.41, 5.74) is -0.0654. The van der Waals surface area contributed by atoms with Crippen molar-refractivity contribution in [1.29, 1.82) is 0 Å². The number of anilines is 1. The van der Waals surface area contributed by atoms with E-state index in [1.54, 1.807) is 0 Å². The van der Waals surface area contributed by atoms with E-state index in [4.69, 9.17) is 0 Å². The number of pyridine rings is 1. The van der Waals surface area contributed by atoms with E-state index in [0.29, 0.717) is 8.18 Å². The van der Waals surface area contributed by atoms with E-state index in [2.05, 4.69) is 36.8 Å². The monoisotopic (exact) mass is 406 g/mol. The highest BCUT2D eigenvalue weighted by atomic mass is 79.9. The van der Waals surface area contributed by atoms with Crippen LogP contribution in [0.2, 0.25) is 0 Å². The third-order valence-electron chi connectivity index (χ3n) is 1.59. The summed E-state index contributed by atoms with van der Waals surface area (Å²) in [5, 5.41) is 0. The fourth-order valence-electron chi connectivity index (χ4n) is 1.14. The molecule has 0 fully saturated rings. The zero-order valence-corrected chi connectivity index (χ0v) is 13.6. The molecule has 0 aliphatic heterocycles. The third-order valence-corrected chi connectivity index (χ3v) is 5.85. The predicted molar refractivity (Wildman–Crippen MR) is 71.8 cm³/mol. The molecule has 0 amide bonds. The van der Waals surface area contributed by atoms with Gasteiger partial charge >= 0.3 is 0 Å². The molecule has 0 atom stereocenters. The summed E-state index contributed by atoms with van der Waals surface area (Å²) in [7, 11) is -7.92. The van der Waals surface area contributed by atoms with Gasteiger partial charge in [-0.1, -0.05) is 0 Å². The van der Waals surface area contributed by atoms with Crippen LogP contribution in [0.25, 0.3) is 0 Å². The number of hydrogen-bond acceptors (Lipinski definition) is 5. The minimum absolute atomic E-state index is 0.0654. The van der Waals surface area contributed by atoms with Crippen LogP contribution in [-0.2, 0) is 20.0 Å². The fourth-order valence-corrected chi connectivity index (χ4v) is 5.05. The van der Waals surface area contributed by atoms with Crippen LogP contribution in [0.4, 0.5) is 5.69 Å². The normalized spacial score (nSPS) is 12.5. The highest BCUT2D eigenvalue weighted by Gasteiger charge is 2.29. The van der Waals surface area contributed by atoms with E-state index >= 15 is 0 Å². The molecule has 0 aliphatic carbocycles. The lowest BCUT2D eigenvalue weighted by molar-refractivity contribution is 0.590. The lowest BCUT2D eigenvalue weighted by Gasteiger charge is -2.20. The molecule has 0 unspecified atom stereocenters. The SMILES string of the molecule is CS(=O)(=O)N(c1cc(Br)cnc1Br)S(C)(=O)=O. The second-order valence-electron chi connectivity index (χ2n) is 3.19. The Labute approximate surface area is 116 Å². The van der Waals surface area contributed by atoms with Gasteiger partial charge in [0.05, 0.1) is 12.5 Å². The molecule has 0 radical (unpaired) electrons. The molecule has 0 aliphatic rings. The quantitative estimate of drug-likeness (QED) is 0.705. The smallest absolute Gasteiger partial charge is 0.245 e. The summed E-state index contributed by atoms with van der Waals surface area (Å²) in [6.45, 7) is 0. The number of rotatable bonds is 3. The van der Waals surface area contributed by atoms with Crippen molar-refractivity contribution in [2.45, 2.75) is 0 Å². The molecule has 0 N–H and O–H groups in total. The maximum atomic E-state index is 11.5. The maximum Gasteiger partial charge on any atom is 0.245 e. The van der Waals surface area contributed by atoms with Crippen molar-refractivity contribution in [3.8, 4) is 0 Å². The van der Waals surface area contributed by atoms with E-state index in [9.17, 15) is 16.8 Å². The zero-order valence-electron chi connectivity index (χ0n) is 8.75. The van der Waals surface area contributed by atoms with Crippen LogP contribution in [0.5, 0.6) is 0 Å². The maximum absolute atomic E-state index is 11.5. The number of aromatic nitrogens is 1. The van der Waals surface area contributed by atoms with Crippen molar-refractivity contribution in [1.82, 2.24) is 4.98 Å². The van der Waals surface area contributed by atoms with Crippen LogP contribution in [0.3, 0.4) is 0 Å². The first-order chi connectivity index (χ1) is 7.53. The van der Waals surface area contributed by atoms with Crippen LogP contribution in [0.15, 0.2) is 21.3 Å². The lowest BCUT2D eigenvalue weighted by Crippen LogP contribution is -2.35. The largest absolute Gasteiger partial charge is 0.246 e. The summed E-state index contributed by atoms with van der Waals surface area (Å²) >= 11 is 6.11. The van der Waals surface area contributed by atoms with E-state index < -0.39 is 20.0 Å². The van der Waals surface area contributed by atoms with E-state index in [0.717, 1.165) is 12.5 Å². The van der Waals surface area contributed by atoms with Gasteiger partial charge in [-0.15, -0.1) is 0 Å². The summed E-state index contributed by atoms with van der Waals surface area (Å²) < 4.78 is 47.0. The van der Waals surface area contributed by atoms with Crippen molar-refractivity contribution in [3.05, 3.63) is 21.3 Å². The topological polar surface area (TPSA) is 84.4 Å². The summed E-state index contributed by atoms with van der Waals surface area (Å²) in [4.78, 5) is 3.83. The molecule has 0 spiro atoms. The van der Waals surface area contributed by atoms with Gasteiger partial charge in [0, 0.05) is 10.7 Å². The molecular weight excluding hydrogens is 400 g/mol. The van der Waals surface area contributed by atoms with Gasteiger partial charge in [-0.25, -0.2) is 21.8 Å². The van der Waals surface area contributed by atoms with Crippen LogP contribution >= 0.6 is 31.9 Å². The van der Waals surface area contributed by atoms with Crippen LogP contribution in [0, 0.1) is 0 Å². The van der Waals surface area contributed by atoms with Gasteiger partial charge in [-0.05, 0) is 37.9 Å². The van der Waals surface area contributed by atoms with Gasteiger partial charge in [0.1, 0.15) is 10.3 Å². The molecule has 10 heteroatoms. The van der Waals surface area contributed by atoms with Gasteiger partial charge in [-0.2, -0.15) is 3.71 Å². The van der Waals surface area contributed by atoms with E-state index in [-0.39, 0.29) is 10.3 Å². The Morgan fingerprint density at radius 2 is 1.59 bits per heavy atom. The molecule has 96 valence electrons. The van der Waals surface area contributed by atoms with E-state index in [1.165, 1.54) is 12.3 Å². The molecule has 0 saturated heterocycles. The Balaban J connectivity index is 3.61. The Kier molecular flexibility index (Phi) is 4.22. The van der Waals surface area contributed by atoms with Crippen molar-refractivity contribution < 1.29 is 16.8 Å². The Morgan fingerprint density at radius 1 is 1.12 bits per heavy atom. The van der Waals surface area contributed by atoms with Gasteiger partial charge in [0.15, 0.2) is 0 Å². The lowest BCUT2D eigenvalue weighted by atomic mass is 10.4.